The van der Waals surface area contributed by atoms with Crippen LogP contribution in [0, 0.1) is 5.92 Å². The van der Waals surface area contributed by atoms with Crippen LogP contribution < -0.4 is 0 Å². The second-order valence-electron chi connectivity index (χ2n) is 5.36. The van der Waals surface area contributed by atoms with E-state index < -0.39 is 5.60 Å². The number of hydrogen-bond acceptors (Lipinski definition) is 1. The van der Waals surface area contributed by atoms with Gasteiger partial charge in [-0.3, -0.25) is 0 Å². The van der Waals surface area contributed by atoms with Crippen LogP contribution >= 0.6 is 15.9 Å². The van der Waals surface area contributed by atoms with E-state index in [1.807, 2.05) is 12.1 Å². The van der Waals surface area contributed by atoms with Crippen LogP contribution in [0.3, 0.4) is 0 Å². The number of benzene rings is 2. The fourth-order valence-corrected chi connectivity index (χ4v) is 3.68. The lowest BCUT2D eigenvalue weighted by Gasteiger charge is -2.29. The largest absolute Gasteiger partial charge is 0.385 e. The molecule has 0 aromatic heterocycles. The predicted octanol–water partition coefficient (Wildman–Crippen LogP) is 4.61. The van der Waals surface area contributed by atoms with Gasteiger partial charge in [0.15, 0.2) is 0 Å². The highest BCUT2D eigenvalue weighted by molar-refractivity contribution is 9.10. The van der Waals surface area contributed by atoms with Gasteiger partial charge in [0, 0.05) is 4.47 Å². The van der Waals surface area contributed by atoms with E-state index in [9.17, 15) is 5.11 Å². The van der Waals surface area contributed by atoms with Crippen molar-refractivity contribution in [3.8, 4) is 0 Å². The van der Waals surface area contributed by atoms with Crippen LogP contribution in [0.25, 0.3) is 10.8 Å². The SMILES string of the molecule is CC1CCCC1(O)c1ccc(Br)c2ccccc12. The van der Waals surface area contributed by atoms with Crippen LogP contribution in [0.1, 0.15) is 31.7 Å². The van der Waals surface area contributed by atoms with E-state index in [-0.39, 0.29) is 0 Å². The third-order valence-electron chi connectivity index (χ3n) is 4.35. The summed E-state index contributed by atoms with van der Waals surface area (Å²) in [6.45, 7) is 2.16. The molecule has 1 N–H and O–H groups in total. The molecule has 1 aliphatic rings. The Kier molecular flexibility index (Phi) is 2.95. The zero-order valence-electron chi connectivity index (χ0n) is 10.5. The predicted molar refractivity (Wildman–Crippen MR) is 78.6 cm³/mol. The molecular formula is C16H17BrO. The Labute approximate surface area is 116 Å². The first-order chi connectivity index (χ1) is 8.63. The second kappa shape index (κ2) is 4.36. The fourth-order valence-electron chi connectivity index (χ4n) is 3.20. The zero-order chi connectivity index (χ0) is 12.8. The van der Waals surface area contributed by atoms with Crippen LogP contribution in [0.4, 0.5) is 0 Å². The van der Waals surface area contributed by atoms with Gasteiger partial charge in [-0.05, 0) is 47.6 Å². The maximum absolute atomic E-state index is 11.0. The summed E-state index contributed by atoms with van der Waals surface area (Å²) in [4.78, 5) is 0. The number of hydrogen-bond donors (Lipinski definition) is 1. The molecule has 2 heteroatoms. The Hall–Kier alpha value is -0.860. The van der Waals surface area contributed by atoms with Crippen molar-refractivity contribution in [3.05, 3.63) is 46.4 Å². The van der Waals surface area contributed by atoms with E-state index >= 15 is 0 Å². The molecule has 0 saturated heterocycles. The van der Waals surface area contributed by atoms with Crippen molar-refractivity contribution in [1.29, 1.82) is 0 Å². The van der Waals surface area contributed by atoms with Crippen molar-refractivity contribution in [1.82, 2.24) is 0 Å². The molecule has 94 valence electrons. The summed E-state index contributed by atoms with van der Waals surface area (Å²) in [6.07, 6.45) is 3.10. The van der Waals surface area contributed by atoms with E-state index in [4.69, 9.17) is 0 Å². The van der Waals surface area contributed by atoms with Crippen LogP contribution in [-0.2, 0) is 5.60 Å². The van der Waals surface area contributed by atoms with Gasteiger partial charge in [0.2, 0.25) is 0 Å². The normalized spacial score (nSPS) is 27.8. The highest BCUT2D eigenvalue weighted by Crippen LogP contribution is 2.46. The number of halogens is 1. The minimum absolute atomic E-state index is 0.335. The van der Waals surface area contributed by atoms with Crippen molar-refractivity contribution in [2.45, 2.75) is 31.8 Å². The summed E-state index contributed by atoms with van der Waals surface area (Å²) in [5.41, 5.74) is 0.437. The molecule has 2 unspecified atom stereocenters. The minimum atomic E-state index is -0.652. The summed E-state index contributed by atoms with van der Waals surface area (Å²) in [5, 5.41) is 13.4. The van der Waals surface area contributed by atoms with E-state index in [1.165, 1.54) is 10.8 Å². The molecule has 18 heavy (non-hydrogen) atoms. The monoisotopic (exact) mass is 304 g/mol. The average Bonchev–Trinajstić information content (AvgIpc) is 2.71. The molecule has 0 heterocycles. The van der Waals surface area contributed by atoms with Gasteiger partial charge >= 0.3 is 0 Å². The summed E-state index contributed by atoms with van der Waals surface area (Å²) < 4.78 is 1.09. The van der Waals surface area contributed by atoms with Gasteiger partial charge < -0.3 is 5.11 Å². The first kappa shape index (κ1) is 12.2. The van der Waals surface area contributed by atoms with Gasteiger partial charge in [0.25, 0.3) is 0 Å². The van der Waals surface area contributed by atoms with Crippen LogP contribution in [0.15, 0.2) is 40.9 Å². The average molecular weight is 305 g/mol. The number of aliphatic hydroxyl groups is 1. The van der Waals surface area contributed by atoms with Gasteiger partial charge in [-0.2, -0.15) is 0 Å². The summed E-state index contributed by atoms with van der Waals surface area (Å²) in [5.74, 6) is 0.335. The molecule has 0 aliphatic heterocycles. The van der Waals surface area contributed by atoms with Crippen LogP contribution in [-0.4, -0.2) is 5.11 Å². The summed E-state index contributed by atoms with van der Waals surface area (Å²) >= 11 is 3.59. The molecule has 0 spiro atoms. The number of rotatable bonds is 1. The number of fused-ring (bicyclic) bond motifs is 1. The van der Waals surface area contributed by atoms with Gasteiger partial charge in [0.05, 0.1) is 5.60 Å². The Balaban J connectivity index is 2.27. The smallest absolute Gasteiger partial charge is 0.0927 e. The van der Waals surface area contributed by atoms with Gasteiger partial charge in [-0.15, -0.1) is 0 Å². The van der Waals surface area contributed by atoms with Gasteiger partial charge in [-0.1, -0.05) is 53.2 Å². The van der Waals surface area contributed by atoms with Crippen molar-refractivity contribution >= 4 is 26.7 Å². The maximum atomic E-state index is 11.0. The lowest BCUT2D eigenvalue weighted by Crippen LogP contribution is -2.28. The summed E-state index contributed by atoms with van der Waals surface area (Å²) in [6, 6.07) is 12.4. The molecule has 2 aromatic carbocycles. The molecule has 0 bridgehead atoms. The standard InChI is InChI=1S/C16H17BrO/c1-11-5-4-10-16(11,18)14-8-9-15(17)13-7-3-2-6-12(13)14/h2-3,6-9,11,18H,4-5,10H2,1H3. The third-order valence-corrected chi connectivity index (χ3v) is 5.04. The molecule has 1 fully saturated rings. The lowest BCUT2D eigenvalue weighted by molar-refractivity contribution is 0.00593. The molecule has 1 saturated carbocycles. The van der Waals surface area contributed by atoms with E-state index in [2.05, 4.69) is 47.1 Å². The fraction of sp³-hybridized carbons (Fsp3) is 0.375. The zero-order valence-corrected chi connectivity index (χ0v) is 12.1. The first-order valence-electron chi connectivity index (χ1n) is 6.53. The Morgan fingerprint density at radius 3 is 2.56 bits per heavy atom. The van der Waals surface area contributed by atoms with Crippen molar-refractivity contribution in [3.63, 3.8) is 0 Å². The Morgan fingerprint density at radius 2 is 1.89 bits per heavy atom. The highest BCUT2D eigenvalue weighted by atomic mass is 79.9. The molecule has 0 radical (unpaired) electrons. The van der Waals surface area contributed by atoms with Crippen molar-refractivity contribution < 1.29 is 5.11 Å². The quantitative estimate of drug-likeness (QED) is 0.815. The third kappa shape index (κ3) is 1.70. The molecule has 2 atom stereocenters. The first-order valence-corrected chi connectivity index (χ1v) is 7.32. The topological polar surface area (TPSA) is 20.2 Å². The Bertz CT molecular complexity index is 593. The highest BCUT2D eigenvalue weighted by Gasteiger charge is 2.40. The van der Waals surface area contributed by atoms with Crippen LogP contribution in [0.2, 0.25) is 0 Å². The molecule has 3 rings (SSSR count). The van der Waals surface area contributed by atoms with Gasteiger partial charge in [0.1, 0.15) is 0 Å². The van der Waals surface area contributed by atoms with Crippen molar-refractivity contribution in [2.75, 3.05) is 0 Å². The van der Waals surface area contributed by atoms with Crippen molar-refractivity contribution in [2.24, 2.45) is 5.92 Å². The van der Waals surface area contributed by atoms with E-state index in [0.717, 1.165) is 29.3 Å². The Morgan fingerprint density at radius 1 is 1.17 bits per heavy atom. The second-order valence-corrected chi connectivity index (χ2v) is 6.21. The van der Waals surface area contributed by atoms with E-state index in [1.54, 1.807) is 0 Å². The molecule has 2 aromatic rings. The molecule has 1 aliphatic carbocycles. The maximum Gasteiger partial charge on any atom is 0.0927 e. The molecular weight excluding hydrogens is 288 g/mol. The van der Waals surface area contributed by atoms with E-state index in [0.29, 0.717) is 5.92 Å². The van der Waals surface area contributed by atoms with Gasteiger partial charge in [-0.25, -0.2) is 0 Å². The molecule has 1 nitrogen and oxygen atoms in total. The summed E-state index contributed by atoms with van der Waals surface area (Å²) in [7, 11) is 0. The lowest BCUT2D eigenvalue weighted by atomic mass is 9.82. The van der Waals surface area contributed by atoms with Crippen LogP contribution in [0.5, 0.6) is 0 Å². The molecule has 0 amide bonds. The minimum Gasteiger partial charge on any atom is -0.385 e.